The van der Waals surface area contributed by atoms with Crippen molar-refractivity contribution in [2.75, 3.05) is 0 Å². The summed E-state index contributed by atoms with van der Waals surface area (Å²) in [5.74, 6) is -3.21. The molecule has 0 aliphatic carbocycles. The maximum absolute atomic E-state index is 13.3. The number of carbonyl (C=O) groups is 3. The van der Waals surface area contributed by atoms with E-state index < -0.39 is 41.4 Å². The lowest BCUT2D eigenvalue weighted by Gasteiger charge is -2.22. The Balaban J connectivity index is 1.63. The highest BCUT2D eigenvalue weighted by atomic mass is 19.1. The van der Waals surface area contributed by atoms with Crippen LogP contribution < -0.4 is 16.0 Å². The van der Waals surface area contributed by atoms with E-state index in [9.17, 15) is 23.2 Å². The highest BCUT2D eigenvalue weighted by molar-refractivity contribution is 5.92. The molecule has 0 bridgehead atoms. The van der Waals surface area contributed by atoms with Gasteiger partial charge in [0.1, 0.15) is 23.7 Å². The lowest BCUT2D eigenvalue weighted by atomic mass is 10.1. The molecule has 3 rings (SSSR count). The summed E-state index contributed by atoms with van der Waals surface area (Å²) in [6.07, 6.45) is 2.94. The van der Waals surface area contributed by atoms with Crippen LogP contribution in [-0.4, -0.2) is 28.7 Å². The van der Waals surface area contributed by atoms with Crippen molar-refractivity contribution in [1.82, 2.24) is 20.9 Å². The summed E-state index contributed by atoms with van der Waals surface area (Å²) >= 11 is 0. The molecule has 176 valence electrons. The lowest BCUT2D eigenvalue weighted by Crippen LogP contribution is -2.49. The van der Waals surface area contributed by atoms with E-state index in [1.54, 1.807) is 48.8 Å². The Labute approximate surface area is 195 Å². The topological polar surface area (TPSA) is 100 Å². The average Bonchev–Trinajstić information content (AvgIpc) is 2.81. The molecule has 0 saturated heterocycles. The van der Waals surface area contributed by atoms with Gasteiger partial charge in [0.15, 0.2) is 0 Å². The van der Waals surface area contributed by atoms with Crippen molar-refractivity contribution < 1.29 is 23.2 Å². The molecule has 1 unspecified atom stereocenters. The molecule has 0 fully saturated rings. The van der Waals surface area contributed by atoms with E-state index in [1.807, 2.05) is 6.07 Å². The standard InChI is InChI=1S/C25H24F2N4O3/c1-16(30-22(32)12-18-10-20(26)13-21(27)11-18)24(33)31-23(19-7-3-2-4-8-19)25(34)29-15-17-6-5-9-28-14-17/h2-11,13-14,16,23H,12,15H2,1H3,(H,29,34)(H,30,32)(H,31,33)/t16-,23?/m0/s1. The molecule has 3 amide bonds. The molecule has 1 heterocycles. The molecule has 0 aliphatic rings. The minimum absolute atomic E-state index is 0.138. The second kappa shape index (κ2) is 11.6. The average molecular weight is 466 g/mol. The SMILES string of the molecule is C[C@H](NC(=O)Cc1cc(F)cc(F)c1)C(=O)NC(C(=O)NCc1cccnc1)c1ccccc1. The monoisotopic (exact) mass is 466 g/mol. The molecular formula is C25H24F2N4O3. The molecule has 0 saturated carbocycles. The summed E-state index contributed by atoms with van der Waals surface area (Å²) in [5, 5.41) is 7.91. The van der Waals surface area contributed by atoms with Crippen LogP contribution in [0.1, 0.15) is 29.7 Å². The van der Waals surface area contributed by atoms with Gasteiger partial charge in [-0.3, -0.25) is 19.4 Å². The number of amides is 3. The number of nitrogens with one attached hydrogen (secondary N) is 3. The van der Waals surface area contributed by atoms with Gasteiger partial charge >= 0.3 is 0 Å². The number of aromatic nitrogens is 1. The maximum Gasteiger partial charge on any atom is 0.247 e. The summed E-state index contributed by atoms with van der Waals surface area (Å²) in [6, 6.07) is 13.0. The van der Waals surface area contributed by atoms with Crippen LogP contribution in [0.5, 0.6) is 0 Å². The zero-order valence-electron chi connectivity index (χ0n) is 18.4. The number of nitrogens with zero attached hydrogens (tertiary/aromatic N) is 1. The van der Waals surface area contributed by atoms with Crippen molar-refractivity contribution in [2.45, 2.75) is 32.0 Å². The molecule has 9 heteroatoms. The van der Waals surface area contributed by atoms with Crippen LogP contribution in [0.2, 0.25) is 0 Å². The predicted octanol–water partition coefficient (Wildman–Crippen LogP) is 2.58. The van der Waals surface area contributed by atoms with E-state index in [-0.39, 0.29) is 18.5 Å². The molecule has 3 aromatic rings. The zero-order chi connectivity index (χ0) is 24.5. The number of pyridine rings is 1. The molecule has 2 aromatic carbocycles. The second-order valence-corrected chi connectivity index (χ2v) is 7.68. The first-order chi connectivity index (χ1) is 16.3. The van der Waals surface area contributed by atoms with Gasteiger partial charge in [-0.15, -0.1) is 0 Å². The molecule has 34 heavy (non-hydrogen) atoms. The zero-order valence-corrected chi connectivity index (χ0v) is 18.4. The Hall–Kier alpha value is -4.14. The van der Waals surface area contributed by atoms with E-state index in [2.05, 4.69) is 20.9 Å². The predicted molar refractivity (Wildman–Crippen MR) is 121 cm³/mol. The fraction of sp³-hybridized carbons (Fsp3) is 0.200. The summed E-state index contributed by atoms with van der Waals surface area (Å²) in [7, 11) is 0. The second-order valence-electron chi connectivity index (χ2n) is 7.68. The van der Waals surface area contributed by atoms with Crippen molar-refractivity contribution in [3.05, 3.63) is 101 Å². The van der Waals surface area contributed by atoms with Crippen LogP contribution in [0, 0.1) is 11.6 Å². The third-order valence-electron chi connectivity index (χ3n) is 4.93. The van der Waals surface area contributed by atoms with E-state index in [1.165, 1.54) is 6.92 Å². The van der Waals surface area contributed by atoms with E-state index in [4.69, 9.17) is 0 Å². The first-order valence-corrected chi connectivity index (χ1v) is 10.6. The highest BCUT2D eigenvalue weighted by Crippen LogP contribution is 2.14. The van der Waals surface area contributed by atoms with Crippen LogP contribution >= 0.6 is 0 Å². The highest BCUT2D eigenvalue weighted by Gasteiger charge is 2.25. The first kappa shape index (κ1) is 24.5. The van der Waals surface area contributed by atoms with Crippen molar-refractivity contribution in [2.24, 2.45) is 0 Å². The number of hydrogen-bond acceptors (Lipinski definition) is 4. The van der Waals surface area contributed by atoms with Crippen LogP contribution in [0.3, 0.4) is 0 Å². The van der Waals surface area contributed by atoms with E-state index in [0.29, 0.717) is 11.6 Å². The molecule has 1 aromatic heterocycles. The van der Waals surface area contributed by atoms with Gasteiger partial charge in [0.25, 0.3) is 0 Å². The minimum Gasteiger partial charge on any atom is -0.350 e. The largest absolute Gasteiger partial charge is 0.350 e. The van der Waals surface area contributed by atoms with Gasteiger partial charge in [-0.1, -0.05) is 36.4 Å². The van der Waals surface area contributed by atoms with Gasteiger partial charge in [-0.05, 0) is 41.8 Å². The number of carbonyl (C=O) groups excluding carboxylic acids is 3. The summed E-state index contributed by atoms with van der Waals surface area (Å²) in [6.45, 7) is 1.68. The molecule has 0 radical (unpaired) electrons. The van der Waals surface area contributed by atoms with Gasteiger partial charge in [-0.2, -0.15) is 0 Å². The van der Waals surface area contributed by atoms with Gasteiger partial charge in [-0.25, -0.2) is 8.78 Å². The molecule has 2 atom stereocenters. The lowest BCUT2D eigenvalue weighted by molar-refractivity contribution is -0.131. The van der Waals surface area contributed by atoms with Crippen LogP contribution in [0.25, 0.3) is 0 Å². The van der Waals surface area contributed by atoms with Crippen LogP contribution in [0.4, 0.5) is 8.78 Å². The van der Waals surface area contributed by atoms with Crippen molar-refractivity contribution >= 4 is 17.7 Å². The van der Waals surface area contributed by atoms with Crippen molar-refractivity contribution in [3.63, 3.8) is 0 Å². The van der Waals surface area contributed by atoms with Crippen molar-refractivity contribution in [1.29, 1.82) is 0 Å². The van der Waals surface area contributed by atoms with E-state index >= 15 is 0 Å². The minimum atomic E-state index is -0.998. The molecule has 0 aliphatic heterocycles. The maximum atomic E-state index is 13.3. The quantitative estimate of drug-likeness (QED) is 0.451. The van der Waals surface area contributed by atoms with Gasteiger partial charge in [0.05, 0.1) is 6.42 Å². The van der Waals surface area contributed by atoms with Crippen LogP contribution in [0.15, 0.2) is 73.1 Å². The Bertz CT molecular complexity index is 1120. The van der Waals surface area contributed by atoms with Crippen molar-refractivity contribution in [3.8, 4) is 0 Å². The Morgan fingerprint density at radius 2 is 1.59 bits per heavy atom. The first-order valence-electron chi connectivity index (χ1n) is 10.6. The molecular weight excluding hydrogens is 442 g/mol. The molecule has 7 nitrogen and oxygen atoms in total. The number of halogens is 2. The summed E-state index contributed by atoms with van der Waals surface area (Å²) < 4.78 is 26.7. The molecule has 0 spiro atoms. The van der Waals surface area contributed by atoms with Gasteiger partial charge in [0.2, 0.25) is 17.7 Å². The van der Waals surface area contributed by atoms with Gasteiger partial charge < -0.3 is 16.0 Å². The molecule has 3 N–H and O–H groups in total. The summed E-state index contributed by atoms with van der Waals surface area (Å²) in [5.41, 5.74) is 1.50. The fourth-order valence-electron chi connectivity index (χ4n) is 3.26. The normalized spacial score (nSPS) is 12.3. The Morgan fingerprint density at radius 1 is 0.882 bits per heavy atom. The number of hydrogen-bond donors (Lipinski definition) is 3. The number of rotatable bonds is 9. The third kappa shape index (κ3) is 7.19. The summed E-state index contributed by atoms with van der Waals surface area (Å²) in [4.78, 5) is 41.9. The Morgan fingerprint density at radius 3 is 2.24 bits per heavy atom. The smallest absolute Gasteiger partial charge is 0.247 e. The Kier molecular flexibility index (Phi) is 8.39. The third-order valence-corrected chi connectivity index (χ3v) is 4.93. The number of benzene rings is 2. The van der Waals surface area contributed by atoms with Crippen LogP contribution in [-0.2, 0) is 27.3 Å². The fourth-order valence-corrected chi connectivity index (χ4v) is 3.26. The van der Waals surface area contributed by atoms with E-state index in [0.717, 1.165) is 17.7 Å². The van der Waals surface area contributed by atoms with Gasteiger partial charge in [0, 0.05) is 25.0 Å².